The lowest BCUT2D eigenvalue weighted by Gasteiger charge is -2.33. The van der Waals surface area contributed by atoms with E-state index in [1.807, 2.05) is 12.1 Å². The summed E-state index contributed by atoms with van der Waals surface area (Å²) in [5.41, 5.74) is 10.8. The van der Waals surface area contributed by atoms with Crippen LogP contribution in [-0.4, -0.2) is 13.9 Å². The van der Waals surface area contributed by atoms with Gasteiger partial charge in [0.05, 0.1) is 28.1 Å². The second kappa shape index (κ2) is 13.0. The average molecular weight is 761 g/mol. The second-order valence-corrected chi connectivity index (χ2v) is 15.5. The van der Waals surface area contributed by atoms with Crippen LogP contribution < -0.4 is 9.64 Å². The van der Waals surface area contributed by atoms with Crippen molar-refractivity contribution in [1.29, 1.82) is 0 Å². The molecule has 9 aromatic carbocycles. The SMILES string of the molecule is c1ccc2c(c1)Oc1cc(-c3nc(-c4ccc5c6ccccc6n(-c6ccc(-c7ccc8ccccc8c7)cc6)c5c4)ns3)ccc1N2c1cccc2ccccc12. The Morgan fingerprint density at radius 1 is 0.414 bits per heavy atom. The van der Waals surface area contributed by atoms with E-state index >= 15 is 0 Å². The van der Waals surface area contributed by atoms with E-state index in [0.717, 1.165) is 61.4 Å². The quantitative estimate of drug-likeness (QED) is 0.175. The van der Waals surface area contributed by atoms with Crippen molar-refractivity contribution in [3.05, 3.63) is 194 Å². The van der Waals surface area contributed by atoms with Crippen molar-refractivity contribution in [1.82, 2.24) is 13.9 Å². The number of nitrogens with zero attached hydrogens (tertiary/aromatic N) is 4. The maximum Gasteiger partial charge on any atom is 0.173 e. The fourth-order valence-corrected chi connectivity index (χ4v) is 9.25. The molecule has 0 N–H and O–H groups in total. The lowest BCUT2D eigenvalue weighted by atomic mass is 10.0. The molecule has 272 valence electrons. The number of fused-ring (bicyclic) bond motifs is 7. The van der Waals surface area contributed by atoms with E-state index in [0.29, 0.717) is 5.82 Å². The standard InChI is InChI=1S/C52H32N4OS/c1-2-12-36-30-37(21-20-33(36)10-1)34-22-26-40(27-23-34)55-45-16-6-5-15-42(45)43-28-24-38(31-48(43)55)51-53-52(58-54-51)39-25-29-47-50(32-39)57-49-19-8-7-17-46(49)56(47)44-18-9-13-35-11-3-4-14-41(35)44/h1-32H. The number of anilines is 3. The predicted molar refractivity (Wildman–Crippen MR) is 240 cm³/mol. The van der Waals surface area contributed by atoms with Gasteiger partial charge in [-0.05, 0) is 106 Å². The Morgan fingerprint density at radius 3 is 2.00 bits per heavy atom. The summed E-state index contributed by atoms with van der Waals surface area (Å²) in [5.74, 6) is 2.29. The molecule has 11 aromatic rings. The number of aromatic nitrogens is 3. The maximum absolute atomic E-state index is 6.59. The third-order valence-electron chi connectivity index (χ3n) is 11.3. The molecule has 0 aliphatic carbocycles. The van der Waals surface area contributed by atoms with Gasteiger partial charge in [0, 0.05) is 33.0 Å². The summed E-state index contributed by atoms with van der Waals surface area (Å²) in [4.78, 5) is 7.42. The molecule has 1 aliphatic heterocycles. The molecular formula is C52H32N4OS. The van der Waals surface area contributed by atoms with Crippen LogP contribution in [0.5, 0.6) is 11.5 Å². The minimum Gasteiger partial charge on any atom is -0.453 e. The molecule has 0 unspecified atom stereocenters. The first-order valence-electron chi connectivity index (χ1n) is 19.4. The number of rotatable bonds is 5. The Balaban J connectivity index is 0.913. The highest BCUT2D eigenvalue weighted by Crippen LogP contribution is 2.52. The summed E-state index contributed by atoms with van der Waals surface area (Å²) in [6.45, 7) is 0. The largest absolute Gasteiger partial charge is 0.453 e. The third-order valence-corrected chi connectivity index (χ3v) is 12.1. The summed E-state index contributed by atoms with van der Waals surface area (Å²) < 4.78 is 13.8. The van der Waals surface area contributed by atoms with Gasteiger partial charge in [-0.2, -0.15) is 4.37 Å². The van der Waals surface area contributed by atoms with E-state index in [4.69, 9.17) is 14.1 Å². The molecule has 3 heterocycles. The number of ether oxygens (including phenoxy) is 1. The third kappa shape index (κ3) is 5.23. The molecule has 58 heavy (non-hydrogen) atoms. The van der Waals surface area contributed by atoms with Crippen LogP contribution in [0.4, 0.5) is 17.1 Å². The van der Waals surface area contributed by atoms with Crippen LogP contribution in [0.2, 0.25) is 0 Å². The number of hydrogen-bond donors (Lipinski definition) is 0. The van der Waals surface area contributed by atoms with Gasteiger partial charge in [-0.25, -0.2) is 4.98 Å². The monoisotopic (exact) mass is 760 g/mol. The Labute approximate surface area is 338 Å². The Kier molecular flexibility index (Phi) is 7.33. The topological polar surface area (TPSA) is 43.2 Å². The summed E-state index contributed by atoms with van der Waals surface area (Å²) in [6.07, 6.45) is 0. The van der Waals surface area contributed by atoms with Crippen LogP contribution >= 0.6 is 11.5 Å². The first kappa shape index (κ1) is 32.7. The normalized spacial score (nSPS) is 12.2. The van der Waals surface area contributed by atoms with Gasteiger partial charge in [-0.3, -0.25) is 0 Å². The van der Waals surface area contributed by atoms with Crippen molar-refractivity contribution >= 4 is 71.9 Å². The van der Waals surface area contributed by atoms with Crippen molar-refractivity contribution in [2.75, 3.05) is 4.90 Å². The first-order chi connectivity index (χ1) is 28.7. The lowest BCUT2D eigenvalue weighted by Crippen LogP contribution is -2.16. The van der Waals surface area contributed by atoms with Crippen LogP contribution in [0.3, 0.4) is 0 Å². The van der Waals surface area contributed by atoms with Gasteiger partial charge < -0.3 is 14.2 Å². The molecular weight excluding hydrogens is 729 g/mol. The maximum atomic E-state index is 6.59. The highest BCUT2D eigenvalue weighted by Gasteiger charge is 2.27. The molecule has 0 bridgehead atoms. The Morgan fingerprint density at radius 2 is 1.09 bits per heavy atom. The molecule has 5 nitrogen and oxygen atoms in total. The van der Waals surface area contributed by atoms with E-state index in [2.05, 4.69) is 191 Å². The van der Waals surface area contributed by atoms with E-state index in [1.54, 1.807) is 0 Å². The minimum atomic E-state index is 0.701. The van der Waals surface area contributed by atoms with Crippen LogP contribution in [0.25, 0.3) is 82.1 Å². The number of benzene rings is 9. The van der Waals surface area contributed by atoms with Gasteiger partial charge in [-0.15, -0.1) is 0 Å². The van der Waals surface area contributed by atoms with Crippen LogP contribution in [0.1, 0.15) is 0 Å². The smallest absolute Gasteiger partial charge is 0.173 e. The molecule has 6 heteroatoms. The zero-order valence-corrected chi connectivity index (χ0v) is 31.9. The van der Waals surface area contributed by atoms with Crippen molar-refractivity contribution in [3.8, 4) is 50.3 Å². The minimum absolute atomic E-state index is 0.701. The van der Waals surface area contributed by atoms with E-state index in [-0.39, 0.29) is 0 Å². The highest BCUT2D eigenvalue weighted by atomic mass is 32.1. The molecule has 0 saturated carbocycles. The average Bonchev–Trinajstić information content (AvgIpc) is 3.91. The number of hydrogen-bond acceptors (Lipinski definition) is 5. The van der Waals surface area contributed by atoms with Gasteiger partial charge in [0.1, 0.15) is 5.01 Å². The van der Waals surface area contributed by atoms with E-state index < -0.39 is 0 Å². The van der Waals surface area contributed by atoms with Gasteiger partial charge in [0.2, 0.25) is 0 Å². The molecule has 0 saturated heterocycles. The molecule has 0 fully saturated rings. The fourth-order valence-electron chi connectivity index (χ4n) is 8.57. The lowest BCUT2D eigenvalue weighted by molar-refractivity contribution is 0.477. The van der Waals surface area contributed by atoms with Gasteiger partial charge in [0.25, 0.3) is 0 Å². The summed E-state index contributed by atoms with van der Waals surface area (Å²) in [7, 11) is 0. The highest BCUT2D eigenvalue weighted by molar-refractivity contribution is 7.09. The summed E-state index contributed by atoms with van der Waals surface area (Å²) >= 11 is 1.41. The summed E-state index contributed by atoms with van der Waals surface area (Å²) in [5, 5.41) is 8.10. The number of para-hydroxylation sites is 3. The molecule has 2 aromatic heterocycles. The van der Waals surface area contributed by atoms with Gasteiger partial charge >= 0.3 is 0 Å². The molecule has 12 rings (SSSR count). The molecule has 0 amide bonds. The van der Waals surface area contributed by atoms with Crippen molar-refractivity contribution < 1.29 is 4.74 Å². The van der Waals surface area contributed by atoms with Crippen molar-refractivity contribution in [2.45, 2.75) is 0 Å². The molecule has 1 aliphatic rings. The summed E-state index contributed by atoms with van der Waals surface area (Å²) in [6, 6.07) is 68.8. The van der Waals surface area contributed by atoms with Crippen molar-refractivity contribution in [3.63, 3.8) is 0 Å². The van der Waals surface area contributed by atoms with Gasteiger partial charge in [0.15, 0.2) is 17.3 Å². The van der Waals surface area contributed by atoms with E-state index in [1.165, 1.54) is 55.0 Å². The molecule has 0 atom stereocenters. The second-order valence-electron chi connectivity index (χ2n) is 14.7. The van der Waals surface area contributed by atoms with E-state index in [9.17, 15) is 0 Å². The van der Waals surface area contributed by atoms with Crippen LogP contribution in [0.15, 0.2) is 194 Å². The van der Waals surface area contributed by atoms with Crippen LogP contribution in [-0.2, 0) is 0 Å². The predicted octanol–water partition coefficient (Wildman–Crippen LogP) is 14.5. The Hall–Kier alpha value is -7.54. The molecule has 0 radical (unpaired) electrons. The zero-order valence-electron chi connectivity index (χ0n) is 31.1. The van der Waals surface area contributed by atoms with Crippen LogP contribution in [0, 0.1) is 0 Å². The first-order valence-corrected chi connectivity index (χ1v) is 20.2. The fraction of sp³-hybridized carbons (Fsp3) is 0. The molecule has 0 spiro atoms. The van der Waals surface area contributed by atoms with Gasteiger partial charge in [-0.1, -0.05) is 127 Å². The van der Waals surface area contributed by atoms with Crippen molar-refractivity contribution in [2.24, 2.45) is 0 Å². The zero-order chi connectivity index (χ0) is 38.2. The Bertz CT molecular complexity index is 3390.